The van der Waals surface area contributed by atoms with Gasteiger partial charge in [0.15, 0.2) is 0 Å². The summed E-state index contributed by atoms with van der Waals surface area (Å²) in [5.41, 5.74) is 1.80. The molecule has 0 aliphatic carbocycles. The van der Waals surface area contributed by atoms with Crippen molar-refractivity contribution >= 4 is 17.5 Å². The third-order valence-corrected chi connectivity index (χ3v) is 3.08. The second kappa shape index (κ2) is 5.84. The molecule has 0 atom stereocenters. The summed E-state index contributed by atoms with van der Waals surface area (Å²) < 4.78 is 0. The van der Waals surface area contributed by atoms with Gasteiger partial charge in [-0.2, -0.15) is 0 Å². The summed E-state index contributed by atoms with van der Waals surface area (Å²) in [5.74, 6) is -0.116. The summed E-state index contributed by atoms with van der Waals surface area (Å²) in [6.45, 7) is 2.47. The molecular weight excluding hydrogens is 236 g/mol. The van der Waals surface area contributed by atoms with Crippen LogP contribution in [0.15, 0.2) is 35.9 Å². The van der Waals surface area contributed by atoms with Gasteiger partial charge in [0.25, 0.3) is 5.91 Å². The van der Waals surface area contributed by atoms with E-state index in [0.29, 0.717) is 17.1 Å². The van der Waals surface area contributed by atoms with Crippen LogP contribution < -0.4 is 10.6 Å². The summed E-state index contributed by atoms with van der Waals surface area (Å²) in [5, 5.41) is 6.61. The Morgan fingerprint density at radius 2 is 2.24 bits per heavy atom. The van der Waals surface area contributed by atoms with E-state index in [4.69, 9.17) is 11.6 Å². The van der Waals surface area contributed by atoms with Gasteiger partial charge in [0, 0.05) is 13.1 Å². The Morgan fingerprint density at radius 3 is 2.94 bits per heavy atom. The minimum absolute atomic E-state index is 0.116. The van der Waals surface area contributed by atoms with Gasteiger partial charge >= 0.3 is 0 Å². The molecule has 1 aromatic carbocycles. The van der Waals surface area contributed by atoms with E-state index < -0.39 is 0 Å². The fraction of sp³-hybridized carbons (Fsp3) is 0.308. The minimum atomic E-state index is -0.116. The summed E-state index contributed by atoms with van der Waals surface area (Å²) in [7, 11) is 0. The molecule has 0 saturated carbocycles. The SMILES string of the molecule is O=C(NCC1=CCNCC1)c1ccccc1Cl. The highest BCUT2D eigenvalue weighted by molar-refractivity contribution is 6.33. The fourth-order valence-electron chi connectivity index (χ4n) is 1.76. The first-order valence-electron chi connectivity index (χ1n) is 5.69. The lowest BCUT2D eigenvalue weighted by molar-refractivity contribution is 0.0957. The molecule has 0 bridgehead atoms. The van der Waals surface area contributed by atoms with Crippen molar-refractivity contribution < 1.29 is 4.79 Å². The van der Waals surface area contributed by atoms with Crippen LogP contribution in [0.2, 0.25) is 5.02 Å². The smallest absolute Gasteiger partial charge is 0.253 e. The zero-order chi connectivity index (χ0) is 12.1. The average molecular weight is 251 g/mol. The highest BCUT2D eigenvalue weighted by Crippen LogP contribution is 2.14. The van der Waals surface area contributed by atoms with Crippen LogP contribution in [0.25, 0.3) is 0 Å². The number of rotatable bonds is 3. The van der Waals surface area contributed by atoms with Gasteiger partial charge in [-0.05, 0) is 25.1 Å². The van der Waals surface area contributed by atoms with Gasteiger partial charge in [-0.15, -0.1) is 0 Å². The van der Waals surface area contributed by atoms with E-state index in [9.17, 15) is 4.79 Å². The van der Waals surface area contributed by atoms with Crippen molar-refractivity contribution in [1.29, 1.82) is 0 Å². The van der Waals surface area contributed by atoms with Crippen LogP contribution in [0.5, 0.6) is 0 Å². The van der Waals surface area contributed by atoms with E-state index in [1.807, 2.05) is 12.1 Å². The largest absolute Gasteiger partial charge is 0.348 e. The molecule has 1 amide bonds. The fourth-order valence-corrected chi connectivity index (χ4v) is 1.99. The minimum Gasteiger partial charge on any atom is -0.348 e. The molecular formula is C13H15ClN2O. The normalized spacial score (nSPS) is 15.2. The Bertz CT molecular complexity index is 443. The molecule has 0 radical (unpaired) electrons. The zero-order valence-corrected chi connectivity index (χ0v) is 10.3. The first kappa shape index (κ1) is 12.1. The number of carbonyl (C=O) groups is 1. The van der Waals surface area contributed by atoms with E-state index in [-0.39, 0.29) is 5.91 Å². The van der Waals surface area contributed by atoms with Gasteiger partial charge in [-0.1, -0.05) is 35.4 Å². The number of benzene rings is 1. The molecule has 90 valence electrons. The maximum Gasteiger partial charge on any atom is 0.253 e. The van der Waals surface area contributed by atoms with E-state index in [2.05, 4.69) is 16.7 Å². The molecule has 4 heteroatoms. The van der Waals surface area contributed by atoms with Crippen LogP contribution in [-0.2, 0) is 0 Å². The van der Waals surface area contributed by atoms with Crippen molar-refractivity contribution in [3.8, 4) is 0 Å². The Labute approximate surface area is 106 Å². The van der Waals surface area contributed by atoms with Gasteiger partial charge < -0.3 is 10.6 Å². The maximum absolute atomic E-state index is 11.9. The van der Waals surface area contributed by atoms with E-state index in [0.717, 1.165) is 19.5 Å². The maximum atomic E-state index is 11.9. The topological polar surface area (TPSA) is 41.1 Å². The molecule has 17 heavy (non-hydrogen) atoms. The molecule has 0 fully saturated rings. The van der Waals surface area contributed by atoms with Crippen LogP contribution in [0.4, 0.5) is 0 Å². The molecule has 0 aromatic heterocycles. The zero-order valence-electron chi connectivity index (χ0n) is 9.50. The van der Waals surface area contributed by atoms with Crippen molar-refractivity contribution in [3.63, 3.8) is 0 Å². The average Bonchev–Trinajstić information content (AvgIpc) is 2.38. The molecule has 0 saturated heterocycles. The molecule has 2 N–H and O–H groups in total. The van der Waals surface area contributed by atoms with Gasteiger partial charge in [0.1, 0.15) is 0 Å². The Morgan fingerprint density at radius 1 is 1.41 bits per heavy atom. The monoisotopic (exact) mass is 250 g/mol. The van der Waals surface area contributed by atoms with E-state index in [1.165, 1.54) is 5.57 Å². The Balaban J connectivity index is 1.93. The second-order valence-electron chi connectivity index (χ2n) is 3.98. The molecule has 0 unspecified atom stereocenters. The molecule has 3 nitrogen and oxygen atoms in total. The third kappa shape index (κ3) is 3.32. The quantitative estimate of drug-likeness (QED) is 0.806. The summed E-state index contributed by atoms with van der Waals surface area (Å²) in [6, 6.07) is 7.08. The van der Waals surface area contributed by atoms with Crippen LogP contribution in [0.3, 0.4) is 0 Å². The molecule has 1 heterocycles. The predicted octanol–water partition coefficient (Wildman–Crippen LogP) is 1.99. The van der Waals surface area contributed by atoms with Crippen LogP contribution in [0.1, 0.15) is 16.8 Å². The van der Waals surface area contributed by atoms with Crippen molar-refractivity contribution in [2.75, 3.05) is 19.6 Å². The molecule has 1 aliphatic rings. The highest BCUT2D eigenvalue weighted by atomic mass is 35.5. The van der Waals surface area contributed by atoms with Gasteiger partial charge in [0.2, 0.25) is 0 Å². The number of halogens is 1. The van der Waals surface area contributed by atoms with Crippen molar-refractivity contribution in [1.82, 2.24) is 10.6 Å². The van der Waals surface area contributed by atoms with Crippen LogP contribution in [-0.4, -0.2) is 25.5 Å². The number of hydrogen-bond acceptors (Lipinski definition) is 2. The van der Waals surface area contributed by atoms with Crippen LogP contribution >= 0.6 is 11.6 Å². The Kier molecular flexibility index (Phi) is 4.18. The predicted molar refractivity (Wildman–Crippen MR) is 69.4 cm³/mol. The second-order valence-corrected chi connectivity index (χ2v) is 4.39. The van der Waals surface area contributed by atoms with Crippen LogP contribution in [0, 0.1) is 0 Å². The summed E-state index contributed by atoms with van der Waals surface area (Å²) >= 11 is 5.96. The lowest BCUT2D eigenvalue weighted by atomic mass is 10.1. The lowest BCUT2D eigenvalue weighted by Gasteiger charge is -2.14. The van der Waals surface area contributed by atoms with Gasteiger partial charge in [-0.3, -0.25) is 4.79 Å². The summed E-state index contributed by atoms with van der Waals surface area (Å²) in [4.78, 5) is 11.9. The molecule has 0 spiro atoms. The first-order valence-corrected chi connectivity index (χ1v) is 6.06. The van der Waals surface area contributed by atoms with Gasteiger partial charge in [0.05, 0.1) is 10.6 Å². The number of hydrogen-bond donors (Lipinski definition) is 2. The third-order valence-electron chi connectivity index (χ3n) is 2.75. The van der Waals surface area contributed by atoms with Crippen molar-refractivity contribution in [2.45, 2.75) is 6.42 Å². The molecule has 1 aromatic rings. The number of carbonyl (C=O) groups excluding carboxylic acids is 1. The number of amides is 1. The summed E-state index contributed by atoms with van der Waals surface area (Å²) in [6.07, 6.45) is 3.11. The number of nitrogens with one attached hydrogen (secondary N) is 2. The lowest BCUT2D eigenvalue weighted by Crippen LogP contribution is -2.29. The van der Waals surface area contributed by atoms with Crippen molar-refractivity contribution in [2.24, 2.45) is 0 Å². The van der Waals surface area contributed by atoms with Crippen molar-refractivity contribution in [3.05, 3.63) is 46.5 Å². The van der Waals surface area contributed by atoms with Gasteiger partial charge in [-0.25, -0.2) is 0 Å². The molecule has 2 rings (SSSR count). The van der Waals surface area contributed by atoms with E-state index in [1.54, 1.807) is 12.1 Å². The Hall–Kier alpha value is -1.32. The standard InChI is InChI=1S/C13H15ClN2O/c14-12-4-2-1-3-11(12)13(17)16-9-10-5-7-15-8-6-10/h1-5,15H,6-9H2,(H,16,17). The highest BCUT2D eigenvalue weighted by Gasteiger charge is 2.10. The molecule has 1 aliphatic heterocycles. The van der Waals surface area contributed by atoms with E-state index >= 15 is 0 Å². The first-order chi connectivity index (χ1) is 8.27.